The van der Waals surface area contributed by atoms with Crippen LogP contribution in [0.5, 0.6) is 11.5 Å². The quantitative estimate of drug-likeness (QED) is 0.321. The molecule has 0 aliphatic carbocycles. The first-order valence-electron chi connectivity index (χ1n) is 10.8. The molecule has 1 aliphatic heterocycles. The second-order valence-corrected chi connectivity index (χ2v) is 7.94. The van der Waals surface area contributed by atoms with E-state index < -0.39 is 29.3 Å². The number of carbonyl (C=O) groups excluding carboxylic acids is 3. The van der Waals surface area contributed by atoms with Crippen LogP contribution in [0.2, 0.25) is 0 Å². The molecule has 0 saturated heterocycles. The summed E-state index contributed by atoms with van der Waals surface area (Å²) in [5.41, 5.74) is 0.657. The van der Waals surface area contributed by atoms with Gasteiger partial charge >= 0.3 is 5.97 Å². The van der Waals surface area contributed by atoms with Gasteiger partial charge in [-0.2, -0.15) is 0 Å². The Labute approximate surface area is 199 Å². The van der Waals surface area contributed by atoms with Crippen LogP contribution in [-0.2, 0) is 4.79 Å². The maximum Gasteiger partial charge on any atom is 0.334 e. The first kappa shape index (κ1) is 22.1. The molecule has 5 rings (SSSR count). The van der Waals surface area contributed by atoms with E-state index in [1.165, 1.54) is 26.2 Å². The fraction of sp³-hybridized carbons (Fsp3) is 0.111. The number of amides is 2. The maximum atomic E-state index is 13.3. The smallest absolute Gasteiger partial charge is 0.334 e. The molecule has 0 bridgehead atoms. The number of benzene rings is 3. The summed E-state index contributed by atoms with van der Waals surface area (Å²) >= 11 is 0. The van der Waals surface area contributed by atoms with Crippen LogP contribution in [0.4, 0.5) is 0 Å². The minimum absolute atomic E-state index is 0.0410. The number of nitrogens with zero attached hydrogens (tertiary/aromatic N) is 1. The van der Waals surface area contributed by atoms with E-state index in [0.717, 1.165) is 4.90 Å². The van der Waals surface area contributed by atoms with E-state index in [2.05, 4.69) is 0 Å². The van der Waals surface area contributed by atoms with E-state index in [9.17, 15) is 19.2 Å². The molecule has 2 amide bonds. The minimum Gasteiger partial charge on any atom is -0.497 e. The van der Waals surface area contributed by atoms with Gasteiger partial charge in [-0.25, -0.2) is 4.79 Å². The maximum absolute atomic E-state index is 13.3. The molecule has 1 atom stereocenters. The highest BCUT2D eigenvalue weighted by molar-refractivity contribution is 6.22. The van der Waals surface area contributed by atoms with Gasteiger partial charge in [0.2, 0.25) is 11.2 Å². The van der Waals surface area contributed by atoms with Crippen molar-refractivity contribution in [3.63, 3.8) is 0 Å². The molecule has 0 N–H and O–H groups in total. The van der Waals surface area contributed by atoms with Gasteiger partial charge in [0, 0.05) is 5.56 Å². The van der Waals surface area contributed by atoms with Crippen LogP contribution in [0.25, 0.3) is 22.3 Å². The lowest BCUT2D eigenvalue weighted by Gasteiger charge is -2.21. The monoisotopic (exact) mass is 469 g/mol. The molecule has 8 nitrogen and oxygen atoms in total. The van der Waals surface area contributed by atoms with Crippen molar-refractivity contribution in [3.8, 4) is 22.8 Å². The van der Waals surface area contributed by atoms with Crippen LogP contribution in [0.1, 0.15) is 27.6 Å². The van der Waals surface area contributed by atoms with Crippen LogP contribution in [0, 0.1) is 0 Å². The van der Waals surface area contributed by atoms with Gasteiger partial charge in [0.25, 0.3) is 11.8 Å². The SMILES string of the molecule is COc1ccc(-c2oc3ccccc3c(=O)c2OC(=O)[C@H](C)N2C(=O)c3ccccc3C2=O)cc1. The third-order valence-corrected chi connectivity index (χ3v) is 5.86. The van der Waals surface area contributed by atoms with E-state index in [4.69, 9.17) is 13.9 Å². The van der Waals surface area contributed by atoms with Crippen molar-refractivity contribution in [1.82, 2.24) is 4.90 Å². The molecular weight excluding hydrogens is 450 g/mol. The lowest BCUT2D eigenvalue weighted by molar-refractivity contribution is -0.138. The predicted octanol–water partition coefficient (Wildman–Crippen LogP) is 4.06. The number of rotatable bonds is 5. The third-order valence-electron chi connectivity index (χ3n) is 5.86. The minimum atomic E-state index is -1.28. The summed E-state index contributed by atoms with van der Waals surface area (Å²) in [5.74, 6) is -1.85. The molecule has 3 aromatic carbocycles. The molecule has 0 saturated carbocycles. The molecule has 0 fully saturated rings. The second kappa shape index (κ2) is 8.57. The zero-order valence-corrected chi connectivity index (χ0v) is 18.8. The molecule has 1 aliphatic rings. The predicted molar refractivity (Wildman–Crippen MR) is 127 cm³/mol. The number of hydrogen-bond donors (Lipinski definition) is 0. The van der Waals surface area contributed by atoms with Crippen molar-refractivity contribution in [3.05, 3.63) is 94.1 Å². The topological polar surface area (TPSA) is 103 Å². The fourth-order valence-electron chi connectivity index (χ4n) is 4.00. The largest absolute Gasteiger partial charge is 0.497 e. The first-order chi connectivity index (χ1) is 16.9. The molecule has 0 unspecified atom stereocenters. The van der Waals surface area contributed by atoms with E-state index >= 15 is 0 Å². The van der Waals surface area contributed by atoms with Crippen molar-refractivity contribution < 1.29 is 28.3 Å². The summed E-state index contributed by atoms with van der Waals surface area (Å²) in [6, 6.07) is 18.3. The van der Waals surface area contributed by atoms with E-state index in [-0.39, 0.29) is 28.0 Å². The Morgan fingerprint density at radius 1 is 0.857 bits per heavy atom. The molecule has 0 spiro atoms. The molecular formula is C27H19NO7. The van der Waals surface area contributed by atoms with Gasteiger partial charge in [0.1, 0.15) is 17.4 Å². The highest BCUT2D eigenvalue weighted by Crippen LogP contribution is 2.33. The Morgan fingerprint density at radius 3 is 2.09 bits per heavy atom. The Balaban J connectivity index is 1.55. The Kier molecular flexibility index (Phi) is 5.41. The summed E-state index contributed by atoms with van der Waals surface area (Å²) < 4.78 is 16.7. The van der Waals surface area contributed by atoms with Crippen LogP contribution >= 0.6 is 0 Å². The normalized spacial score (nSPS) is 13.6. The first-order valence-corrected chi connectivity index (χ1v) is 10.8. The number of para-hydroxylation sites is 1. The van der Waals surface area contributed by atoms with Crippen molar-refractivity contribution in [1.29, 1.82) is 0 Å². The molecule has 174 valence electrons. The Morgan fingerprint density at radius 2 is 1.46 bits per heavy atom. The van der Waals surface area contributed by atoms with Crippen LogP contribution in [0.3, 0.4) is 0 Å². The lowest BCUT2D eigenvalue weighted by Crippen LogP contribution is -2.45. The summed E-state index contributed by atoms with van der Waals surface area (Å²) in [6.45, 7) is 1.37. The lowest BCUT2D eigenvalue weighted by atomic mass is 10.1. The van der Waals surface area contributed by atoms with Gasteiger partial charge in [-0.1, -0.05) is 24.3 Å². The van der Waals surface area contributed by atoms with Gasteiger partial charge in [0.05, 0.1) is 23.6 Å². The number of fused-ring (bicyclic) bond motifs is 2. The van der Waals surface area contributed by atoms with E-state index in [1.54, 1.807) is 60.7 Å². The zero-order valence-electron chi connectivity index (χ0n) is 18.8. The third kappa shape index (κ3) is 3.65. The molecule has 1 aromatic heterocycles. The average molecular weight is 469 g/mol. The molecule has 2 heterocycles. The standard InChI is InChI=1S/C27H19NO7/c1-15(28-25(30)18-7-3-4-8-19(18)26(28)31)27(32)35-24-22(29)20-9-5-6-10-21(20)34-23(24)16-11-13-17(33-2)14-12-16/h3-15H,1-2H3/t15-/m0/s1. The number of imide groups is 1. The van der Waals surface area contributed by atoms with Crippen LogP contribution < -0.4 is 14.9 Å². The van der Waals surface area contributed by atoms with Gasteiger partial charge < -0.3 is 13.9 Å². The highest BCUT2D eigenvalue weighted by Gasteiger charge is 2.41. The Hall–Kier alpha value is -4.72. The van der Waals surface area contributed by atoms with Gasteiger partial charge in [-0.05, 0) is 55.5 Å². The molecule has 8 heteroatoms. The van der Waals surface area contributed by atoms with Gasteiger partial charge in [0.15, 0.2) is 5.76 Å². The summed E-state index contributed by atoms with van der Waals surface area (Å²) in [6.07, 6.45) is 0. The van der Waals surface area contributed by atoms with E-state index in [1.807, 2.05) is 0 Å². The van der Waals surface area contributed by atoms with Crippen molar-refractivity contribution in [2.24, 2.45) is 0 Å². The summed E-state index contributed by atoms with van der Waals surface area (Å²) in [4.78, 5) is 52.9. The number of hydrogen-bond acceptors (Lipinski definition) is 7. The Bertz CT molecular complexity index is 1520. The van der Waals surface area contributed by atoms with Crippen molar-refractivity contribution in [2.75, 3.05) is 7.11 Å². The van der Waals surface area contributed by atoms with Gasteiger partial charge in [-0.15, -0.1) is 0 Å². The molecule has 35 heavy (non-hydrogen) atoms. The molecule has 0 radical (unpaired) electrons. The fourth-order valence-corrected chi connectivity index (χ4v) is 4.00. The zero-order chi connectivity index (χ0) is 24.7. The van der Waals surface area contributed by atoms with Crippen molar-refractivity contribution in [2.45, 2.75) is 13.0 Å². The molecule has 4 aromatic rings. The number of esters is 1. The number of methoxy groups -OCH3 is 1. The highest BCUT2D eigenvalue weighted by atomic mass is 16.5. The van der Waals surface area contributed by atoms with E-state index in [0.29, 0.717) is 16.9 Å². The number of ether oxygens (including phenoxy) is 2. The summed E-state index contributed by atoms with van der Waals surface area (Å²) in [5, 5.41) is 0.223. The van der Waals surface area contributed by atoms with Crippen LogP contribution in [-0.4, -0.2) is 35.8 Å². The average Bonchev–Trinajstić information content (AvgIpc) is 3.15. The van der Waals surface area contributed by atoms with Gasteiger partial charge in [-0.3, -0.25) is 19.3 Å². The van der Waals surface area contributed by atoms with Crippen molar-refractivity contribution >= 4 is 28.8 Å². The second-order valence-electron chi connectivity index (χ2n) is 7.94. The van der Waals surface area contributed by atoms with Crippen LogP contribution in [0.15, 0.2) is 82.0 Å². The summed E-state index contributed by atoms with van der Waals surface area (Å²) in [7, 11) is 1.53. The number of carbonyl (C=O) groups is 3.